The number of amides is 1. The summed E-state index contributed by atoms with van der Waals surface area (Å²) in [7, 11) is 0. The predicted octanol–water partition coefficient (Wildman–Crippen LogP) is 4.92. The van der Waals surface area contributed by atoms with Gasteiger partial charge in [-0.25, -0.2) is 0 Å². The monoisotopic (exact) mass is 359 g/mol. The number of hydrogen-bond donors (Lipinski definition) is 0. The lowest BCUT2D eigenvalue weighted by Gasteiger charge is -2.20. The highest BCUT2D eigenvalue weighted by atomic mass is 35.5. The largest absolute Gasteiger partial charge is 0.323 e. The minimum Gasteiger partial charge on any atom is -0.323 e. The number of rotatable bonds is 4. The van der Waals surface area contributed by atoms with Crippen LogP contribution in [0.3, 0.4) is 0 Å². The fourth-order valence-corrected chi connectivity index (χ4v) is 2.75. The number of halogens is 1. The van der Waals surface area contributed by atoms with Crippen molar-refractivity contribution in [1.29, 1.82) is 0 Å². The Morgan fingerprint density at radius 2 is 1.27 bits per heavy atom. The SMILES string of the molecule is O=C(C#Cc1ccccc1Cl)N(Cc1ccccc1)Cc1ccccc1. The molecule has 0 aliphatic heterocycles. The summed E-state index contributed by atoms with van der Waals surface area (Å²) in [6.07, 6.45) is 0. The van der Waals surface area contributed by atoms with Gasteiger partial charge in [0.15, 0.2) is 0 Å². The summed E-state index contributed by atoms with van der Waals surface area (Å²) in [5.41, 5.74) is 2.79. The first-order chi connectivity index (χ1) is 12.7. The lowest BCUT2D eigenvalue weighted by molar-refractivity contribution is -0.126. The Morgan fingerprint density at radius 1 is 0.769 bits per heavy atom. The van der Waals surface area contributed by atoms with Gasteiger partial charge in [-0.2, -0.15) is 0 Å². The van der Waals surface area contributed by atoms with Crippen LogP contribution >= 0.6 is 11.6 Å². The maximum Gasteiger partial charge on any atom is 0.299 e. The van der Waals surface area contributed by atoms with Gasteiger partial charge in [0.25, 0.3) is 5.91 Å². The van der Waals surface area contributed by atoms with Gasteiger partial charge in [0.2, 0.25) is 0 Å². The van der Waals surface area contributed by atoms with E-state index in [2.05, 4.69) is 11.8 Å². The molecular formula is C23H18ClNO. The summed E-state index contributed by atoms with van der Waals surface area (Å²) in [4.78, 5) is 14.5. The van der Waals surface area contributed by atoms with Gasteiger partial charge in [-0.3, -0.25) is 4.79 Å². The lowest BCUT2D eigenvalue weighted by Crippen LogP contribution is -2.28. The molecule has 0 atom stereocenters. The lowest BCUT2D eigenvalue weighted by atomic mass is 10.1. The van der Waals surface area contributed by atoms with Crippen LogP contribution in [0, 0.1) is 11.8 Å². The van der Waals surface area contributed by atoms with Crippen molar-refractivity contribution >= 4 is 17.5 Å². The highest BCUT2D eigenvalue weighted by Crippen LogP contribution is 2.14. The van der Waals surface area contributed by atoms with E-state index < -0.39 is 0 Å². The number of carbonyl (C=O) groups is 1. The fourth-order valence-electron chi connectivity index (χ4n) is 2.57. The molecule has 1 amide bonds. The summed E-state index contributed by atoms with van der Waals surface area (Å²) >= 11 is 6.12. The first kappa shape index (κ1) is 17.8. The molecule has 0 saturated heterocycles. The van der Waals surface area contributed by atoms with E-state index in [4.69, 9.17) is 11.6 Å². The Hall–Kier alpha value is -3.02. The second-order valence-corrected chi connectivity index (χ2v) is 6.27. The third-order valence-corrected chi connectivity index (χ3v) is 4.23. The standard InChI is InChI=1S/C23H18ClNO/c24-22-14-8-7-13-21(22)15-16-23(26)25(17-19-9-3-1-4-10-19)18-20-11-5-2-6-12-20/h1-14H,17-18H2. The molecule has 3 rings (SSSR count). The minimum atomic E-state index is -0.224. The maximum absolute atomic E-state index is 12.7. The molecule has 0 radical (unpaired) electrons. The summed E-state index contributed by atoms with van der Waals surface area (Å²) in [5.74, 6) is 5.40. The third kappa shape index (κ3) is 4.99. The molecule has 3 aromatic rings. The number of hydrogen-bond acceptors (Lipinski definition) is 1. The van der Waals surface area contributed by atoms with Crippen molar-refractivity contribution in [3.8, 4) is 11.8 Å². The molecule has 3 aromatic carbocycles. The van der Waals surface area contributed by atoms with E-state index in [-0.39, 0.29) is 5.91 Å². The second kappa shape index (κ2) is 8.89. The van der Waals surface area contributed by atoms with Gasteiger partial charge in [-0.05, 0) is 23.3 Å². The van der Waals surface area contributed by atoms with Crippen LogP contribution in [0.2, 0.25) is 5.02 Å². The highest BCUT2D eigenvalue weighted by Gasteiger charge is 2.12. The summed E-state index contributed by atoms with van der Waals surface area (Å²) in [5, 5.41) is 0.547. The van der Waals surface area contributed by atoms with Gasteiger partial charge in [-0.1, -0.05) is 90.3 Å². The first-order valence-corrected chi connectivity index (χ1v) is 8.73. The van der Waals surface area contributed by atoms with Crippen molar-refractivity contribution in [1.82, 2.24) is 4.90 Å². The summed E-state index contributed by atoms with van der Waals surface area (Å²) in [6, 6.07) is 27.1. The van der Waals surface area contributed by atoms with E-state index in [9.17, 15) is 4.79 Å². The van der Waals surface area contributed by atoms with Crippen LogP contribution in [0.15, 0.2) is 84.9 Å². The van der Waals surface area contributed by atoms with Crippen molar-refractivity contribution in [3.63, 3.8) is 0 Å². The van der Waals surface area contributed by atoms with Gasteiger partial charge < -0.3 is 4.90 Å². The van der Waals surface area contributed by atoms with Gasteiger partial charge in [0.05, 0.1) is 5.02 Å². The van der Waals surface area contributed by atoms with Crippen molar-refractivity contribution in [2.24, 2.45) is 0 Å². The molecular weight excluding hydrogens is 342 g/mol. The Labute approximate surface area is 159 Å². The van der Waals surface area contributed by atoms with E-state index >= 15 is 0 Å². The molecule has 3 heteroatoms. The number of benzene rings is 3. The quantitative estimate of drug-likeness (QED) is 0.605. The second-order valence-electron chi connectivity index (χ2n) is 5.86. The average molecular weight is 360 g/mol. The van der Waals surface area contributed by atoms with E-state index in [1.165, 1.54) is 0 Å². The van der Waals surface area contributed by atoms with E-state index in [1.807, 2.05) is 72.8 Å². The molecule has 26 heavy (non-hydrogen) atoms. The average Bonchev–Trinajstić information content (AvgIpc) is 2.68. The molecule has 0 fully saturated rings. The molecule has 0 aromatic heterocycles. The Morgan fingerprint density at radius 3 is 1.81 bits per heavy atom. The Bertz CT molecular complexity index is 885. The molecule has 0 unspecified atom stereocenters. The van der Waals surface area contributed by atoms with E-state index in [0.717, 1.165) is 11.1 Å². The zero-order valence-electron chi connectivity index (χ0n) is 14.2. The molecule has 0 saturated carbocycles. The number of carbonyl (C=O) groups excluding carboxylic acids is 1. The first-order valence-electron chi connectivity index (χ1n) is 8.35. The zero-order chi connectivity index (χ0) is 18.2. The topological polar surface area (TPSA) is 20.3 Å². The van der Waals surface area contributed by atoms with Crippen molar-refractivity contribution in [2.75, 3.05) is 0 Å². The van der Waals surface area contributed by atoms with E-state index in [0.29, 0.717) is 23.7 Å². The van der Waals surface area contributed by atoms with Crippen LogP contribution < -0.4 is 0 Å². The Balaban J connectivity index is 1.82. The van der Waals surface area contributed by atoms with Crippen LogP contribution in [0.5, 0.6) is 0 Å². The third-order valence-electron chi connectivity index (χ3n) is 3.90. The molecule has 128 valence electrons. The van der Waals surface area contributed by atoms with Gasteiger partial charge in [0.1, 0.15) is 0 Å². The van der Waals surface area contributed by atoms with Gasteiger partial charge in [-0.15, -0.1) is 0 Å². The molecule has 0 spiro atoms. The van der Waals surface area contributed by atoms with Gasteiger partial charge in [0, 0.05) is 24.6 Å². The van der Waals surface area contributed by atoms with Crippen molar-refractivity contribution < 1.29 is 4.79 Å². The van der Waals surface area contributed by atoms with E-state index in [1.54, 1.807) is 17.0 Å². The molecule has 0 aliphatic rings. The smallest absolute Gasteiger partial charge is 0.299 e. The predicted molar refractivity (Wildman–Crippen MR) is 105 cm³/mol. The van der Waals surface area contributed by atoms with Crippen LogP contribution in [-0.4, -0.2) is 10.8 Å². The molecule has 2 nitrogen and oxygen atoms in total. The fraction of sp³-hybridized carbons (Fsp3) is 0.0870. The normalized spacial score (nSPS) is 9.88. The minimum absolute atomic E-state index is 0.224. The number of nitrogens with zero attached hydrogens (tertiary/aromatic N) is 1. The van der Waals surface area contributed by atoms with Crippen molar-refractivity contribution in [3.05, 3.63) is 107 Å². The van der Waals surface area contributed by atoms with Crippen LogP contribution in [0.25, 0.3) is 0 Å². The van der Waals surface area contributed by atoms with Gasteiger partial charge >= 0.3 is 0 Å². The molecule has 0 bridgehead atoms. The molecule has 0 aliphatic carbocycles. The maximum atomic E-state index is 12.7. The van der Waals surface area contributed by atoms with Crippen LogP contribution in [0.4, 0.5) is 0 Å². The highest BCUT2D eigenvalue weighted by molar-refractivity contribution is 6.31. The molecule has 0 N–H and O–H groups in total. The van der Waals surface area contributed by atoms with Crippen LogP contribution in [-0.2, 0) is 17.9 Å². The Kier molecular flexibility index (Phi) is 6.09. The zero-order valence-corrected chi connectivity index (χ0v) is 15.0. The van der Waals surface area contributed by atoms with Crippen LogP contribution in [0.1, 0.15) is 16.7 Å². The molecule has 0 heterocycles. The van der Waals surface area contributed by atoms with Crippen molar-refractivity contribution in [2.45, 2.75) is 13.1 Å². The summed E-state index contributed by atoms with van der Waals surface area (Å²) < 4.78 is 0. The summed E-state index contributed by atoms with van der Waals surface area (Å²) in [6.45, 7) is 1.01.